The molecule has 0 spiro atoms. The molecule has 3 aliphatic rings. The van der Waals surface area contributed by atoms with Gasteiger partial charge in [0.05, 0.1) is 7.11 Å². The number of likely N-dealkylation sites (tertiary alicyclic amines) is 1. The number of rotatable bonds is 4. The summed E-state index contributed by atoms with van der Waals surface area (Å²) in [5.74, 6) is 2.52. The van der Waals surface area contributed by atoms with Crippen molar-refractivity contribution in [3.8, 4) is 5.75 Å². The SMILES string of the molecule is COc1ccccc1CCN1CC[C@H]2[C@@H](C1)c1cccc3c1C2(C)CCN3C. The normalized spacial score (nSPS) is 28.8. The number of benzene rings is 2. The first-order valence-corrected chi connectivity index (χ1v) is 10.8. The molecule has 1 saturated heterocycles. The summed E-state index contributed by atoms with van der Waals surface area (Å²) in [7, 11) is 4.04. The molecule has 2 aromatic carbocycles. The zero-order valence-electron chi connectivity index (χ0n) is 17.4. The predicted molar refractivity (Wildman–Crippen MR) is 116 cm³/mol. The number of fused-ring (bicyclic) bond motifs is 3. The van der Waals surface area contributed by atoms with Gasteiger partial charge < -0.3 is 14.5 Å². The monoisotopic (exact) mass is 376 g/mol. The van der Waals surface area contributed by atoms with Crippen molar-refractivity contribution >= 4 is 5.69 Å². The van der Waals surface area contributed by atoms with Crippen LogP contribution in [-0.4, -0.2) is 45.2 Å². The Labute approximate surface area is 169 Å². The van der Waals surface area contributed by atoms with E-state index in [2.05, 4.69) is 66.2 Å². The quantitative estimate of drug-likeness (QED) is 0.784. The minimum absolute atomic E-state index is 0.373. The zero-order chi connectivity index (χ0) is 19.3. The van der Waals surface area contributed by atoms with Gasteiger partial charge in [0, 0.05) is 38.3 Å². The molecule has 0 saturated carbocycles. The molecular weight excluding hydrogens is 344 g/mol. The average molecular weight is 377 g/mol. The summed E-state index contributed by atoms with van der Waals surface area (Å²) in [5, 5.41) is 0. The minimum Gasteiger partial charge on any atom is -0.496 e. The van der Waals surface area contributed by atoms with Gasteiger partial charge in [0.25, 0.3) is 0 Å². The topological polar surface area (TPSA) is 15.7 Å². The Morgan fingerprint density at radius 1 is 1.11 bits per heavy atom. The van der Waals surface area contributed by atoms with Crippen molar-refractivity contribution in [2.75, 3.05) is 45.2 Å². The first kappa shape index (κ1) is 18.1. The fraction of sp³-hybridized carbons (Fsp3) is 0.520. The smallest absolute Gasteiger partial charge is 0.122 e. The van der Waals surface area contributed by atoms with E-state index in [4.69, 9.17) is 4.74 Å². The lowest BCUT2D eigenvalue weighted by Crippen LogP contribution is -2.45. The highest BCUT2D eigenvalue weighted by molar-refractivity contribution is 5.65. The van der Waals surface area contributed by atoms with Crippen molar-refractivity contribution in [1.29, 1.82) is 0 Å². The van der Waals surface area contributed by atoms with Crippen molar-refractivity contribution in [2.45, 2.75) is 37.5 Å². The second-order valence-corrected chi connectivity index (χ2v) is 9.19. The zero-order valence-corrected chi connectivity index (χ0v) is 17.4. The Balaban J connectivity index is 1.37. The summed E-state index contributed by atoms with van der Waals surface area (Å²) in [6.45, 7) is 7.29. The maximum Gasteiger partial charge on any atom is 0.122 e. The van der Waals surface area contributed by atoms with E-state index in [0.29, 0.717) is 11.3 Å². The Morgan fingerprint density at radius 2 is 1.96 bits per heavy atom. The standard InChI is InChI=1S/C25H32N2O/c1-25-13-16-26(2)22-9-6-8-19(24(22)25)20-17-27(15-12-21(20)25)14-11-18-7-4-5-10-23(18)28-3/h4-10,20-21H,11-17H2,1-3H3/t20-,21-,25?/m0/s1. The minimum atomic E-state index is 0.373. The Hall–Kier alpha value is -2.00. The fourth-order valence-corrected chi connectivity index (χ4v) is 6.31. The van der Waals surface area contributed by atoms with Crippen LogP contribution in [0.25, 0.3) is 0 Å². The van der Waals surface area contributed by atoms with Crippen LogP contribution in [0.1, 0.15) is 42.4 Å². The molecule has 1 unspecified atom stereocenters. The first-order valence-electron chi connectivity index (χ1n) is 10.8. The highest BCUT2D eigenvalue weighted by Crippen LogP contribution is 2.59. The van der Waals surface area contributed by atoms with E-state index in [1.807, 2.05) is 0 Å². The van der Waals surface area contributed by atoms with Crippen molar-refractivity contribution in [3.63, 3.8) is 0 Å². The number of anilines is 1. The summed E-state index contributed by atoms with van der Waals surface area (Å²) in [6.07, 6.45) is 3.69. The van der Waals surface area contributed by atoms with Gasteiger partial charge in [0.15, 0.2) is 0 Å². The third-order valence-corrected chi connectivity index (χ3v) is 7.83. The van der Waals surface area contributed by atoms with Gasteiger partial charge in [-0.25, -0.2) is 0 Å². The van der Waals surface area contributed by atoms with Crippen LogP contribution >= 0.6 is 0 Å². The van der Waals surface area contributed by atoms with Gasteiger partial charge in [-0.15, -0.1) is 0 Å². The van der Waals surface area contributed by atoms with Crippen LogP contribution in [0.15, 0.2) is 42.5 Å². The van der Waals surface area contributed by atoms with Crippen molar-refractivity contribution in [1.82, 2.24) is 4.90 Å². The molecule has 3 nitrogen and oxygen atoms in total. The van der Waals surface area contributed by atoms with Crippen LogP contribution in [0.4, 0.5) is 5.69 Å². The molecule has 0 bridgehead atoms. The molecule has 1 fully saturated rings. The highest BCUT2D eigenvalue weighted by atomic mass is 16.5. The highest BCUT2D eigenvalue weighted by Gasteiger charge is 2.53. The molecule has 1 aliphatic carbocycles. The number of methoxy groups -OCH3 is 1. The van der Waals surface area contributed by atoms with E-state index >= 15 is 0 Å². The molecule has 0 N–H and O–H groups in total. The summed E-state index contributed by atoms with van der Waals surface area (Å²) >= 11 is 0. The number of piperidine rings is 1. The van der Waals surface area contributed by atoms with Crippen LogP contribution in [-0.2, 0) is 11.8 Å². The maximum absolute atomic E-state index is 5.55. The molecule has 0 aromatic heterocycles. The molecule has 3 atom stereocenters. The van der Waals surface area contributed by atoms with Gasteiger partial charge in [-0.2, -0.15) is 0 Å². The first-order chi connectivity index (χ1) is 13.6. The molecule has 3 heteroatoms. The Bertz CT molecular complexity index is 879. The maximum atomic E-state index is 5.55. The Kier molecular flexibility index (Phi) is 4.39. The molecule has 5 rings (SSSR count). The Morgan fingerprint density at radius 3 is 2.82 bits per heavy atom. The van der Waals surface area contributed by atoms with Gasteiger partial charge in [-0.1, -0.05) is 37.3 Å². The number of hydrogen-bond acceptors (Lipinski definition) is 3. The van der Waals surface area contributed by atoms with Crippen molar-refractivity contribution < 1.29 is 4.74 Å². The number of para-hydroxylation sites is 1. The van der Waals surface area contributed by atoms with Crippen molar-refractivity contribution in [2.24, 2.45) is 5.92 Å². The molecule has 2 aromatic rings. The van der Waals surface area contributed by atoms with Gasteiger partial charge >= 0.3 is 0 Å². The molecular formula is C25H32N2O. The second kappa shape index (κ2) is 6.81. The van der Waals surface area contributed by atoms with E-state index < -0.39 is 0 Å². The van der Waals surface area contributed by atoms with E-state index in [1.165, 1.54) is 43.7 Å². The summed E-state index contributed by atoms with van der Waals surface area (Å²) in [6, 6.07) is 15.5. The van der Waals surface area contributed by atoms with Gasteiger partial charge in [-0.3, -0.25) is 0 Å². The molecule has 2 aliphatic heterocycles. The molecule has 2 heterocycles. The third-order valence-electron chi connectivity index (χ3n) is 7.83. The van der Waals surface area contributed by atoms with E-state index in [0.717, 1.165) is 24.6 Å². The van der Waals surface area contributed by atoms with Crippen LogP contribution in [0, 0.1) is 5.92 Å². The fourth-order valence-electron chi connectivity index (χ4n) is 6.31. The van der Waals surface area contributed by atoms with Crippen molar-refractivity contribution in [3.05, 3.63) is 59.2 Å². The molecule has 0 amide bonds. The number of nitrogens with zero attached hydrogens (tertiary/aromatic N) is 2. The van der Waals surface area contributed by atoms with Crippen LogP contribution in [0.3, 0.4) is 0 Å². The number of hydrogen-bond donors (Lipinski definition) is 0. The lowest BCUT2D eigenvalue weighted by molar-refractivity contribution is 0.122. The summed E-state index contributed by atoms with van der Waals surface area (Å²) < 4.78 is 5.55. The molecule has 28 heavy (non-hydrogen) atoms. The van der Waals surface area contributed by atoms with Crippen LogP contribution in [0.2, 0.25) is 0 Å². The van der Waals surface area contributed by atoms with E-state index in [-0.39, 0.29) is 0 Å². The summed E-state index contributed by atoms with van der Waals surface area (Å²) in [5.41, 5.74) is 6.49. The molecule has 148 valence electrons. The van der Waals surface area contributed by atoms with Crippen LogP contribution in [0.5, 0.6) is 5.75 Å². The van der Waals surface area contributed by atoms with Gasteiger partial charge in [0.1, 0.15) is 5.75 Å². The van der Waals surface area contributed by atoms with E-state index in [1.54, 1.807) is 18.2 Å². The third kappa shape index (κ3) is 2.67. The summed E-state index contributed by atoms with van der Waals surface area (Å²) in [4.78, 5) is 5.16. The van der Waals surface area contributed by atoms with E-state index in [9.17, 15) is 0 Å². The lowest BCUT2D eigenvalue weighted by atomic mass is 9.67. The predicted octanol–water partition coefficient (Wildman–Crippen LogP) is 4.45. The van der Waals surface area contributed by atoms with Gasteiger partial charge in [0.2, 0.25) is 0 Å². The lowest BCUT2D eigenvalue weighted by Gasteiger charge is -2.45. The number of ether oxygens (including phenoxy) is 1. The average Bonchev–Trinajstić information content (AvgIpc) is 2.99. The molecule has 0 radical (unpaired) electrons. The largest absolute Gasteiger partial charge is 0.496 e. The van der Waals surface area contributed by atoms with Crippen LogP contribution < -0.4 is 9.64 Å². The van der Waals surface area contributed by atoms with Gasteiger partial charge in [-0.05, 0) is 66.0 Å². The second-order valence-electron chi connectivity index (χ2n) is 9.19.